The van der Waals surface area contributed by atoms with Crippen LogP contribution in [0.25, 0.3) is 0 Å². The highest BCUT2D eigenvalue weighted by Crippen LogP contribution is 2.46. The van der Waals surface area contributed by atoms with E-state index in [0.29, 0.717) is 11.9 Å². The number of thiazole rings is 1. The van der Waals surface area contributed by atoms with Crippen molar-refractivity contribution in [3.63, 3.8) is 0 Å². The largest absolute Gasteiger partial charge is 0.347 e. The van der Waals surface area contributed by atoms with Crippen molar-refractivity contribution in [2.75, 3.05) is 6.54 Å². The molecule has 3 aromatic rings. The predicted molar refractivity (Wildman–Crippen MR) is 123 cm³/mol. The standard InChI is InChI=1S/C24H28N6OS/c1-16-19(32-15-25-16)13-29-12-11-24(17-5-3-2-4-6-17)10-9-21-27-28-22(30(21)14-20(24)29)23(31)26-18-7-8-18/h2-6,15,18,20H,7-14H2,1H3,(H,26,31)/t20-,24+/m0/s1. The van der Waals surface area contributed by atoms with Gasteiger partial charge >= 0.3 is 0 Å². The topological polar surface area (TPSA) is 75.9 Å². The van der Waals surface area contributed by atoms with E-state index in [2.05, 4.69) is 67.2 Å². The van der Waals surface area contributed by atoms with Crippen molar-refractivity contribution in [3.05, 3.63) is 63.6 Å². The average Bonchev–Trinajstić information content (AvgIpc) is 3.29. The van der Waals surface area contributed by atoms with Crippen LogP contribution in [0, 0.1) is 6.92 Å². The molecule has 2 aliphatic heterocycles. The summed E-state index contributed by atoms with van der Waals surface area (Å²) < 4.78 is 2.10. The van der Waals surface area contributed by atoms with E-state index < -0.39 is 0 Å². The molecule has 1 saturated heterocycles. The van der Waals surface area contributed by atoms with Gasteiger partial charge in [-0.25, -0.2) is 4.98 Å². The van der Waals surface area contributed by atoms with Crippen LogP contribution < -0.4 is 5.32 Å². The van der Waals surface area contributed by atoms with Crippen molar-refractivity contribution < 1.29 is 4.79 Å². The number of carbonyl (C=O) groups excluding carboxylic acids is 1. The highest BCUT2D eigenvalue weighted by molar-refractivity contribution is 7.09. The maximum Gasteiger partial charge on any atom is 0.289 e. The molecule has 0 radical (unpaired) electrons. The molecule has 2 fully saturated rings. The molecule has 7 nitrogen and oxygen atoms in total. The van der Waals surface area contributed by atoms with E-state index >= 15 is 0 Å². The molecular formula is C24H28N6OS. The Morgan fingerprint density at radius 1 is 1.22 bits per heavy atom. The van der Waals surface area contributed by atoms with E-state index in [-0.39, 0.29) is 17.4 Å². The van der Waals surface area contributed by atoms with Crippen LogP contribution in [0.2, 0.25) is 0 Å². The molecule has 4 heterocycles. The van der Waals surface area contributed by atoms with Gasteiger partial charge in [0, 0.05) is 41.9 Å². The van der Waals surface area contributed by atoms with Gasteiger partial charge in [-0.3, -0.25) is 9.69 Å². The number of aryl methyl sites for hydroxylation is 2. The number of fused-ring (bicyclic) bond motifs is 2. The maximum absolute atomic E-state index is 12.9. The summed E-state index contributed by atoms with van der Waals surface area (Å²) >= 11 is 1.74. The van der Waals surface area contributed by atoms with E-state index in [1.54, 1.807) is 11.3 Å². The summed E-state index contributed by atoms with van der Waals surface area (Å²) in [6.45, 7) is 4.77. The third kappa shape index (κ3) is 3.36. The average molecular weight is 449 g/mol. The fraction of sp³-hybridized carbons (Fsp3) is 0.500. The maximum atomic E-state index is 12.9. The number of hydrogen-bond donors (Lipinski definition) is 1. The van der Waals surface area contributed by atoms with Gasteiger partial charge in [-0.1, -0.05) is 30.3 Å². The molecule has 6 rings (SSSR count). The number of hydrogen-bond acceptors (Lipinski definition) is 6. The number of likely N-dealkylation sites (tertiary alicyclic amines) is 1. The lowest BCUT2D eigenvalue weighted by Crippen LogP contribution is -2.45. The first-order valence-electron chi connectivity index (χ1n) is 11.6. The van der Waals surface area contributed by atoms with Crippen LogP contribution in [-0.2, 0) is 24.9 Å². The highest BCUT2D eigenvalue weighted by Gasteiger charge is 2.50. The lowest BCUT2D eigenvalue weighted by atomic mass is 9.71. The molecular weight excluding hydrogens is 420 g/mol. The Morgan fingerprint density at radius 2 is 2.06 bits per heavy atom. The number of aromatic nitrogens is 4. The zero-order valence-electron chi connectivity index (χ0n) is 18.3. The quantitative estimate of drug-likeness (QED) is 0.649. The van der Waals surface area contributed by atoms with E-state index in [1.165, 1.54) is 10.4 Å². The van der Waals surface area contributed by atoms with Crippen LogP contribution in [0.3, 0.4) is 0 Å². The molecule has 2 atom stereocenters. The van der Waals surface area contributed by atoms with Gasteiger partial charge in [0.15, 0.2) is 0 Å². The smallest absolute Gasteiger partial charge is 0.289 e. The second-order valence-electron chi connectivity index (χ2n) is 9.42. The molecule has 0 spiro atoms. The summed E-state index contributed by atoms with van der Waals surface area (Å²) in [5.74, 6) is 1.32. The lowest BCUT2D eigenvalue weighted by molar-refractivity contribution is 0.0931. The monoisotopic (exact) mass is 448 g/mol. The Hall–Kier alpha value is -2.58. The van der Waals surface area contributed by atoms with Gasteiger partial charge < -0.3 is 9.88 Å². The summed E-state index contributed by atoms with van der Waals surface area (Å²) in [5.41, 5.74) is 4.51. The van der Waals surface area contributed by atoms with E-state index in [0.717, 1.165) is 63.3 Å². The zero-order valence-corrected chi connectivity index (χ0v) is 19.1. The third-order valence-corrected chi connectivity index (χ3v) is 8.48. The first-order chi connectivity index (χ1) is 15.6. The second kappa shape index (κ2) is 7.78. The van der Waals surface area contributed by atoms with Gasteiger partial charge in [0.1, 0.15) is 5.82 Å². The molecule has 32 heavy (non-hydrogen) atoms. The molecule has 1 amide bonds. The molecule has 166 valence electrons. The van der Waals surface area contributed by atoms with Crippen LogP contribution >= 0.6 is 11.3 Å². The van der Waals surface area contributed by atoms with Crippen LogP contribution in [0.4, 0.5) is 0 Å². The van der Waals surface area contributed by atoms with Crippen LogP contribution in [0.15, 0.2) is 35.8 Å². The van der Waals surface area contributed by atoms with E-state index in [9.17, 15) is 4.79 Å². The van der Waals surface area contributed by atoms with Crippen molar-refractivity contribution >= 4 is 17.2 Å². The Bertz CT molecular complexity index is 1140. The van der Waals surface area contributed by atoms with Gasteiger partial charge in [-0.05, 0) is 44.7 Å². The minimum absolute atomic E-state index is 0.0464. The van der Waals surface area contributed by atoms with Crippen molar-refractivity contribution in [2.45, 2.75) is 69.6 Å². The third-order valence-electron chi connectivity index (χ3n) is 7.56. The summed E-state index contributed by atoms with van der Waals surface area (Å²) in [6.07, 6.45) is 5.09. The molecule has 1 saturated carbocycles. The second-order valence-corrected chi connectivity index (χ2v) is 10.4. The number of amides is 1. The zero-order chi connectivity index (χ0) is 21.7. The summed E-state index contributed by atoms with van der Waals surface area (Å²) in [4.78, 5) is 21.3. The van der Waals surface area contributed by atoms with Gasteiger partial charge in [0.05, 0.1) is 11.2 Å². The van der Waals surface area contributed by atoms with Crippen LogP contribution in [-0.4, -0.2) is 49.2 Å². The molecule has 1 N–H and O–H groups in total. The van der Waals surface area contributed by atoms with E-state index in [4.69, 9.17) is 0 Å². The predicted octanol–water partition coefficient (Wildman–Crippen LogP) is 3.09. The number of benzene rings is 1. The minimum atomic E-state index is -0.0821. The number of nitrogens with one attached hydrogen (secondary N) is 1. The lowest BCUT2D eigenvalue weighted by Gasteiger charge is -2.37. The van der Waals surface area contributed by atoms with Crippen molar-refractivity contribution in [3.8, 4) is 0 Å². The molecule has 1 aliphatic carbocycles. The van der Waals surface area contributed by atoms with Gasteiger partial charge in [0.25, 0.3) is 5.91 Å². The Kier molecular flexibility index (Phi) is 4.87. The first kappa shape index (κ1) is 20.1. The fourth-order valence-electron chi connectivity index (χ4n) is 5.57. The molecule has 3 aliphatic rings. The van der Waals surface area contributed by atoms with Crippen LogP contribution in [0.1, 0.15) is 58.3 Å². The van der Waals surface area contributed by atoms with E-state index in [1.807, 2.05) is 5.51 Å². The molecule has 2 aromatic heterocycles. The highest BCUT2D eigenvalue weighted by atomic mass is 32.1. The van der Waals surface area contributed by atoms with Crippen molar-refractivity contribution in [2.24, 2.45) is 0 Å². The SMILES string of the molecule is Cc1ncsc1CN1CC[C@@]2(c3ccccc3)CCc3nnc(C(=O)NC4CC4)n3C[C@H]12. The molecule has 0 unspecified atom stereocenters. The van der Waals surface area contributed by atoms with Gasteiger partial charge in [0.2, 0.25) is 5.82 Å². The van der Waals surface area contributed by atoms with Gasteiger partial charge in [-0.2, -0.15) is 0 Å². The summed E-state index contributed by atoms with van der Waals surface area (Å²) in [6, 6.07) is 11.5. The minimum Gasteiger partial charge on any atom is -0.347 e. The normalized spacial score (nSPS) is 25.2. The molecule has 8 heteroatoms. The van der Waals surface area contributed by atoms with Gasteiger partial charge in [-0.15, -0.1) is 21.5 Å². The molecule has 0 bridgehead atoms. The Morgan fingerprint density at radius 3 is 2.81 bits per heavy atom. The first-order valence-corrected chi connectivity index (χ1v) is 12.4. The number of rotatable bonds is 5. The van der Waals surface area contributed by atoms with Crippen molar-refractivity contribution in [1.29, 1.82) is 0 Å². The van der Waals surface area contributed by atoms with Crippen molar-refractivity contribution in [1.82, 2.24) is 30.0 Å². The summed E-state index contributed by atoms with van der Waals surface area (Å²) in [7, 11) is 0. The number of nitrogens with zero attached hydrogens (tertiary/aromatic N) is 5. The Balaban J connectivity index is 1.38. The Labute approximate surface area is 191 Å². The van der Waals surface area contributed by atoms with Crippen LogP contribution in [0.5, 0.6) is 0 Å². The number of carbonyl (C=O) groups is 1. The fourth-order valence-corrected chi connectivity index (χ4v) is 6.37. The molecule has 1 aromatic carbocycles. The summed E-state index contributed by atoms with van der Waals surface area (Å²) in [5, 5.41) is 11.9.